The molecule has 0 saturated carbocycles. The Kier molecular flexibility index (Phi) is 3.72. The van der Waals surface area contributed by atoms with Crippen molar-refractivity contribution >= 4 is 11.3 Å². The molecule has 1 aliphatic rings. The summed E-state index contributed by atoms with van der Waals surface area (Å²) in [5.74, 6) is 0. The van der Waals surface area contributed by atoms with Crippen LogP contribution in [0.4, 0.5) is 0 Å². The van der Waals surface area contributed by atoms with E-state index in [1.54, 1.807) is 11.3 Å². The van der Waals surface area contributed by atoms with E-state index in [1.165, 1.54) is 24.3 Å². The third-order valence-electron chi connectivity index (χ3n) is 3.18. The van der Waals surface area contributed by atoms with Gasteiger partial charge in [-0.15, -0.1) is 11.3 Å². The minimum absolute atomic E-state index is 0.271. The van der Waals surface area contributed by atoms with Gasteiger partial charge in [-0.1, -0.05) is 13.3 Å². The summed E-state index contributed by atoms with van der Waals surface area (Å²) in [5, 5.41) is 0. The molecule has 2 atom stereocenters. The molecule has 1 saturated heterocycles. The molecule has 84 valence electrons. The summed E-state index contributed by atoms with van der Waals surface area (Å²) >= 11 is 1.73. The number of nitrogens with zero attached hydrogens (tertiary/aromatic N) is 2. The van der Waals surface area contributed by atoms with Crippen molar-refractivity contribution in [2.45, 2.75) is 38.3 Å². The molecule has 1 fully saturated rings. The fourth-order valence-electron chi connectivity index (χ4n) is 2.38. The monoisotopic (exact) mass is 225 g/mol. The van der Waals surface area contributed by atoms with Gasteiger partial charge in [0.2, 0.25) is 0 Å². The van der Waals surface area contributed by atoms with Crippen molar-refractivity contribution in [3.05, 3.63) is 16.6 Å². The Hall–Kier alpha value is -0.450. The van der Waals surface area contributed by atoms with Gasteiger partial charge in [-0.05, 0) is 25.9 Å². The second-order valence-electron chi connectivity index (χ2n) is 4.14. The van der Waals surface area contributed by atoms with Crippen LogP contribution >= 0.6 is 11.3 Å². The second kappa shape index (κ2) is 5.05. The predicted octanol–water partition coefficient (Wildman–Crippen LogP) is 2.02. The largest absolute Gasteiger partial charge is 0.326 e. The fraction of sp³-hybridized carbons (Fsp3) is 0.727. The van der Waals surface area contributed by atoms with E-state index < -0.39 is 0 Å². The third kappa shape index (κ3) is 2.38. The van der Waals surface area contributed by atoms with Gasteiger partial charge < -0.3 is 5.73 Å². The Labute approximate surface area is 95.3 Å². The molecule has 2 rings (SSSR count). The van der Waals surface area contributed by atoms with Crippen molar-refractivity contribution in [2.75, 3.05) is 13.1 Å². The highest BCUT2D eigenvalue weighted by molar-refractivity contribution is 7.09. The van der Waals surface area contributed by atoms with Crippen molar-refractivity contribution in [1.29, 1.82) is 0 Å². The molecule has 2 N–H and O–H groups in total. The molecule has 1 aromatic rings. The summed E-state index contributed by atoms with van der Waals surface area (Å²) in [6, 6.07) is 0.665. The summed E-state index contributed by atoms with van der Waals surface area (Å²) in [7, 11) is 0. The SMILES string of the molecule is CCN1CCCCC(N)C1c1cncs1. The van der Waals surface area contributed by atoms with Gasteiger partial charge >= 0.3 is 0 Å². The van der Waals surface area contributed by atoms with Crippen molar-refractivity contribution in [2.24, 2.45) is 5.73 Å². The lowest BCUT2D eigenvalue weighted by molar-refractivity contribution is 0.198. The maximum absolute atomic E-state index is 6.27. The molecule has 0 bridgehead atoms. The lowest BCUT2D eigenvalue weighted by atomic mass is 10.0. The summed E-state index contributed by atoms with van der Waals surface area (Å²) in [6.07, 6.45) is 5.64. The smallest absolute Gasteiger partial charge is 0.0794 e. The molecule has 0 amide bonds. The lowest BCUT2D eigenvalue weighted by Crippen LogP contribution is -2.39. The number of thiazole rings is 1. The van der Waals surface area contributed by atoms with Crippen LogP contribution in [0.2, 0.25) is 0 Å². The average Bonchev–Trinajstić information content (AvgIpc) is 2.69. The standard InChI is InChI=1S/C11H19N3S/c1-2-14-6-4-3-5-9(12)11(14)10-7-13-8-15-10/h7-9,11H,2-6,12H2,1H3. The second-order valence-corrected chi connectivity index (χ2v) is 5.05. The van der Waals surface area contributed by atoms with Crippen LogP contribution in [0.25, 0.3) is 0 Å². The number of hydrogen-bond acceptors (Lipinski definition) is 4. The highest BCUT2D eigenvalue weighted by Crippen LogP contribution is 2.30. The van der Waals surface area contributed by atoms with Gasteiger partial charge in [0.15, 0.2) is 0 Å². The zero-order valence-electron chi connectivity index (χ0n) is 9.22. The van der Waals surface area contributed by atoms with Crippen LogP contribution in [0, 0.1) is 0 Å². The average molecular weight is 225 g/mol. The number of likely N-dealkylation sites (tertiary alicyclic amines) is 1. The number of nitrogens with two attached hydrogens (primary N) is 1. The van der Waals surface area contributed by atoms with Crippen molar-refractivity contribution in [1.82, 2.24) is 9.88 Å². The molecule has 15 heavy (non-hydrogen) atoms. The molecule has 0 radical (unpaired) electrons. The Morgan fingerprint density at radius 3 is 3.13 bits per heavy atom. The van der Waals surface area contributed by atoms with E-state index in [9.17, 15) is 0 Å². The Morgan fingerprint density at radius 1 is 1.60 bits per heavy atom. The van der Waals surface area contributed by atoms with Crippen molar-refractivity contribution in [3.63, 3.8) is 0 Å². The van der Waals surface area contributed by atoms with E-state index in [1.807, 2.05) is 11.7 Å². The van der Waals surface area contributed by atoms with E-state index >= 15 is 0 Å². The summed E-state index contributed by atoms with van der Waals surface area (Å²) in [5.41, 5.74) is 8.18. The lowest BCUT2D eigenvalue weighted by Gasteiger charge is -2.31. The highest BCUT2D eigenvalue weighted by Gasteiger charge is 2.28. The Morgan fingerprint density at radius 2 is 2.47 bits per heavy atom. The van der Waals surface area contributed by atoms with Crippen LogP contribution in [-0.2, 0) is 0 Å². The van der Waals surface area contributed by atoms with Crippen LogP contribution in [0.5, 0.6) is 0 Å². The van der Waals surface area contributed by atoms with Gasteiger partial charge in [-0.2, -0.15) is 0 Å². The molecular formula is C11H19N3S. The first-order chi connectivity index (χ1) is 7.33. The van der Waals surface area contributed by atoms with Gasteiger partial charge in [0.05, 0.1) is 11.6 Å². The van der Waals surface area contributed by atoms with Crippen LogP contribution in [0.3, 0.4) is 0 Å². The molecule has 2 unspecified atom stereocenters. The molecule has 1 aromatic heterocycles. The molecule has 0 spiro atoms. The third-order valence-corrected chi connectivity index (χ3v) is 4.03. The molecule has 0 aromatic carbocycles. The fourth-order valence-corrected chi connectivity index (χ4v) is 3.21. The minimum atomic E-state index is 0.271. The number of likely N-dealkylation sites (N-methyl/N-ethyl adjacent to an activating group) is 1. The Bertz CT molecular complexity index is 286. The van der Waals surface area contributed by atoms with Gasteiger partial charge in [-0.25, -0.2) is 0 Å². The Balaban J connectivity index is 2.22. The van der Waals surface area contributed by atoms with E-state index in [4.69, 9.17) is 5.73 Å². The van der Waals surface area contributed by atoms with E-state index in [2.05, 4.69) is 16.8 Å². The predicted molar refractivity (Wildman–Crippen MR) is 63.9 cm³/mol. The molecule has 2 heterocycles. The molecule has 4 heteroatoms. The van der Waals surface area contributed by atoms with Crippen LogP contribution < -0.4 is 5.73 Å². The quantitative estimate of drug-likeness (QED) is 0.837. The zero-order valence-corrected chi connectivity index (χ0v) is 10.0. The van der Waals surface area contributed by atoms with Crippen molar-refractivity contribution in [3.8, 4) is 0 Å². The van der Waals surface area contributed by atoms with Gasteiger partial charge in [0.25, 0.3) is 0 Å². The molecule has 0 aliphatic carbocycles. The number of rotatable bonds is 2. The maximum Gasteiger partial charge on any atom is 0.0794 e. The van der Waals surface area contributed by atoms with E-state index in [-0.39, 0.29) is 6.04 Å². The van der Waals surface area contributed by atoms with Crippen LogP contribution in [0.15, 0.2) is 11.7 Å². The number of aromatic nitrogens is 1. The first-order valence-electron chi connectivity index (χ1n) is 5.71. The maximum atomic E-state index is 6.27. The first kappa shape index (κ1) is 11.0. The topological polar surface area (TPSA) is 42.1 Å². The van der Waals surface area contributed by atoms with Gasteiger partial charge in [0, 0.05) is 17.1 Å². The van der Waals surface area contributed by atoms with E-state index in [0.29, 0.717) is 6.04 Å². The number of hydrogen-bond donors (Lipinski definition) is 1. The van der Waals surface area contributed by atoms with E-state index in [0.717, 1.165) is 13.0 Å². The summed E-state index contributed by atoms with van der Waals surface area (Å²) in [6.45, 7) is 4.47. The molecular weight excluding hydrogens is 206 g/mol. The highest BCUT2D eigenvalue weighted by atomic mass is 32.1. The summed E-state index contributed by atoms with van der Waals surface area (Å²) < 4.78 is 0. The first-order valence-corrected chi connectivity index (χ1v) is 6.59. The molecule has 3 nitrogen and oxygen atoms in total. The normalized spacial score (nSPS) is 28.9. The van der Waals surface area contributed by atoms with Gasteiger partial charge in [-0.3, -0.25) is 9.88 Å². The zero-order chi connectivity index (χ0) is 10.7. The van der Waals surface area contributed by atoms with Crippen LogP contribution in [0.1, 0.15) is 37.1 Å². The van der Waals surface area contributed by atoms with Gasteiger partial charge in [0.1, 0.15) is 0 Å². The molecule has 1 aliphatic heterocycles. The van der Waals surface area contributed by atoms with Crippen LogP contribution in [-0.4, -0.2) is 29.0 Å². The summed E-state index contributed by atoms with van der Waals surface area (Å²) in [4.78, 5) is 7.98. The minimum Gasteiger partial charge on any atom is -0.326 e. The van der Waals surface area contributed by atoms with Crippen molar-refractivity contribution < 1.29 is 0 Å².